The molecule has 8 nitrogen and oxygen atoms in total. The van der Waals surface area contributed by atoms with Crippen LogP contribution in [0.4, 0.5) is 4.79 Å². The Kier molecular flexibility index (Phi) is 6.88. The zero-order valence-corrected chi connectivity index (χ0v) is 19.9. The van der Waals surface area contributed by atoms with Crippen LogP contribution in [-0.4, -0.2) is 52.9 Å². The average molecular weight is 433 g/mol. The lowest BCUT2D eigenvalue weighted by atomic mass is 9.77. The van der Waals surface area contributed by atoms with Gasteiger partial charge in [0.25, 0.3) is 0 Å². The molecule has 1 N–H and O–H groups in total. The SMILES string of the molecule is CC(C)(C)OC(=O)NCC(=Cc1cnn([C@@H]2CCCCO2)c1)B1OC(C)(C)C(C)(C)O1. The van der Waals surface area contributed by atoms with Gasteiger partial charge in [-0.05, 0) is 73.2 Å². The number of nitrogens with zero attached hydrogens (tertiary/aromatic N) is 2. The normalized spacial score (nSPS) is 23.6. The average Bonchev–Trinajstić information content (AvgIpc) is 3.20. The molecule has 0 spiro atoms. The van der Waals surface area contributed by atoms with Gasteiger partial charge >= 0.3 is 13.2 Å². The monoisotopic (exact) mass is 433 g/mol. The molecule has 2 fully saturated rings. The topological polar surface area (TPSA) is 83.8 Å². The van der Waals surface area contributed by atoms with Gasteiger partial charge in [-0.1, -0.05) is 6.08 Å². The molecular weight excluding hydrogens is 397 g/mol. The molecule has 0 bridgehead atoms. The molecule has 1 atom stereocenters. The molecule has 1 amide bonds. The van der Waals surface area contributed by atoms with Crippen LogP contribution in [0.1, 0.15) is 79.5 Å². The molecule has 3 heterocycles. The molecule has 0 saturated carbocycles. The Balaban J connectivity index is 1.78. The van der Waals surface area contributed by atoms with Gasteiger partial charge < -0.3 is 24.1 Å². The fourth-order valence-corrected chi connectivity index (χ4v) is 3.42. The molecule has 2 aliphatic heterocycles. The molecule has 0 aliphatic carbocycles. The van der Waals surface area contributed by atoms with E-state index in [1.54, 1.807) is 6.20 Å². The second-order valence-electron chi connectivity index (χ2n) is 10.2. The van der Waals surface area contributed by atoms with Crippen LogP contribution in [0.25, 0.3) is 6.08 Å². The van der Waals surface area contributed by atoms with Crippen LogP contribution in [0.2, 0.25) is 0 Å². The number of amides is 1. The van der Waals surface area contributed by atoms with Crippen LogP contribution < -0.4 is 5.32 Å². The number of nitrogens with one attached hydrogen (secondary N) is 1. The summed E-state index contributed by atoms with van der Waals surface area (Å²) < 4.78 is 25.5. The van der Waals surface area contributed by atoms with Gasteiger partial charge in [-0.15, -0.1) is 0 Å². The lowest BCUT2D eigenvalue weighted by Gasteiger charge is -2.32. The number of carbonyl (C=O) groups is 1. The van der Waals surface area contributed by atoms with Crippen LogP contribution in [0, 0.1) is 0 Å². The fourth-order valence-electron chi connectivity index (χ4n) is 3.42. The third-order valence-electron chi connectivity index (χ3n) is 5.82. The van der Waals surface area contributed by atoms with Crippen molar-refractivity contribution in [2.45, 2.75) is 90.8 Å². The summed E-state index contributed by atoms with van der Waals surface area (Å²) in [5.74, 6) is 0. The van der Waals surface area contributed by atoms with Crippen molar-refractivity contribution in [3.05, 3.63) is 23.4 Å². The molecule has 2 aliphatic rings. The fraction of sp³-hybridized carbons (Fsp3) is 0.727. The third-order valence-corrected chi connectivity index (χ3v) is 5.82. The van der Waals surface area contributed by atoms with Crippen LogP contribution in [0.5, 0.6) is 0 Å². The summed E-state index contributed by atoms with van der Waals surface area (Å²) in [6.45, 7) is 14.5. The van der Waals surface area contributed by atoms with E-state index in [2.05, 4.69) is 10.4 Å². The van der Waals surface area contributed by atoms with Crippen molar-refractivity contribution in [2.24, 2.45) is 0 Å². The van der Waals surface area contributed by atoms with Gasteiger partial charge in [-0.25, -0.2) is 9.48 Å². The summed E-state index contributed by atoms with van der Waals surface area (Å²) in [6.07, 6.45) is 8.35. The maximum Gasteiger partial charge on any atom is 0.492 e. The summed E-state index contributed by atoms with van der Waals surface area (Å²) in [5.41, 5.74) is 0.142. The van der Waals surface area contributed by atoms with E-state index in [1.165, 1.54) is 0 Å². The van der Waals surface area contributed by atoms with E-state index in [0.717, 1.165) is 36.9 Å². The summed E-state index contributed by atoms with van der Waals surface area (Å²) in [6, 6.07) is 0. The highest BCUT2D eigenvalue weighted by atomic mass is 16.7. The second kappa shape index (κ2) is 8.96. The minimum atomic E-state index is -0.589. The quantitative estimate of drug-likeness (QED) is 0.704. The van der Waals surface area contributed by atoms with E-state index in [1.807, 2.05) is 65.4 Å². The molecule has 9 heteroatoms. The minimum absolute atomic E-state index is 0.0314. The van der Waals surface area contributed by atoms with E-state index >= 15 is 0 Å². The summed E-state index contributed by atoms with van der Waals surface area (Å²) in [5, 5.41) is 7.29. The summed E-state index contributed by atoms with van der Waals surface area (Å²) in [7, 11) is -0.589. The Bertz CT molecular complexity index is 790. The van der Waals surface area contributed by atoms with Gasteiger partial charge in [0.05, 0.1) is 17.4 Å². The van der Waals surface area contributed by atoms with E-state index < -0.39 is 30.0 Å². The lowest BCUT2D eigenvalue weighted by molar-refractivity contribution is -0.0394. The Labute approximate surface area is 185 Å². The van der Waals surface area contributed by atoms with Crippen molar-refractivity contribution in [3.8, 4) is 0 Å². The van der Waals surface area contributed by atoms with Crippen molar-refractivity contribution in [1.82, 2.24) is 15.1 Å². The van der Waals surface area contributed by atoms with Crippen molar-refractivity contribution in [1.29, 1.82) is 0 Å². The number of alkyl carbamates (subject to hydrolysis) is 1. The molecule has 0 unspecified atom stereocenters. The molecule has 3 rings (SSSR count). The summed E-state index contributed by atoms with van der Waals surface area (Å²) in [4.78, 5) is 12.2. The first-order chi connectivity index (χ1) is 14.4. The standard InChI is InChI=1S/C22H36BN3O5/c1-20(2,3)29-19(27)24-14-17(23-30-21(4,5)22(6,7)31-23)12-16-13-25-26(15-16)18-10-8-9-11-28-18/h12-13,15,18H,8-11,14H2,1-7H3,(H,24,27)/t18-/m0/s1. The largest absolute Gasteiger partial charge is 0.492 e. The lowest BCUT2D eigenvalue weighted by Crippen LogP contribution is -2.41. The Morgan fingerprint density at radius 3 is 2.55 bits per heavy atom. The van der Waals surface area contributed by atoms with Crippen LogP contribution in [0.15, 0.2) is 17.9 Å². The van der Waals surface area contributed by atoms with Gasteiger partial charge in [-0.3, -0.25) is 0 Å². The number of aromatic nitrogens is 2. The van der Waals surface area contributed by atoms with Gasteiger partial charge in [-0.2, -0.15) is 5.10 Å². The molecule has 0 radical (unpaired) electrons. The van der Waals surface area contributed by atoms with Crippen molar-refractivity contribution < 1.29 is 23.6 Å². The minimum Gasteiger partial charge on any atom is -0.444 e. The molecule has 1 aromatic heterocycles. The maximum atomic E-state index is 12.2. The zero-order valence-electron chi connectivity index (χ0n) is 19.9. The first-order valence-electron chi connectivity index (χ1n) is 11.0. The number of hydrogen-bond donors (Lipinski definition) is 1. The molecule has 2 saturated heterocycles. The number of hydrogen-bond acceptors (Lipinski definition) is 6. The summed E-state index contributed by atoms with van der Waals surface area (Å²) >= 11 is 0. The third kappa shape index (κ3) is 6.11. The molecule has 31 heavy (non-hydrogen) atoms. The van der Waals surface area contributed by atoms with Gasteiger partial charge in [0.2, 0.25) is 0 Å². The van der Waals surface area contributed by atoms with Crippen LogP contribution in [-0.2, 0) is 18.8 Å². The smallest absolute Gasteiger partial charge is 0.444 e. The first-order valence-corrected chi connectivity index (χ1v) is 11.0. The predicted molar refractivity (Wildman–Crippen MR) is 119 cm³/mol. The van der Waals surface area contributed by atoms with Crippen LogP contribution >= 0.6 is 0 Å². The number of rotatable bonds is 5. The Morgan fingerprint density at radius 1 is 1.29 bits per heavy atom. The van der Waals surface area contributed by atoms with E-state index in [4.69, 9.17) is 18.8 Å². The van der Waals surface area contributed by atoms with Gasteiger partial charge in [0, 0.05) is 24.9 Å². The van der Waals surface area contributed by atoms with E-state index in [-0.39, 0.29) is 12.8 Å². The highest BCUT2D eigenvalue weighted by molar-refractivity contribution is 6.56. The molecular formula is C22H36BN3O5. The maximum absolute atomic E-state index is 12.2. The Morgan fingerprint density at radius 2 is 1.97 bits per heavy atom. The highest BCUT2D eigenvalue weighted by Crippen LogP contribution is 2.38. The molecule has 0 aromatic carbocycles. The van der Waals surface area contributed by atoms with Crippen LogP contribution in [0.3, 0.4) is 0 Å². The molecule has 172 valence electrons. The number of carbonyl (C=O) groups excluding carboxylic acids is 1. The number of ether oxygens (including phenoxy) is 2. The van der Waals surface area contributed by atoms with Gasteiger partial charge in [0.15, 0.2) is 0 Å². The van der Waals surface area contributed by atoms with E-state index in [0.29, 0.717) is 0 Å². The molecule has 1 aromatic rings. The predicted octanol–water partition coefficient (Wildman–Crippen LogP) is 4.12. The Hall–Kier alpha value is -1.84. The van der Waals surface area contributed by atoms with Crippen molar-refractivity contribution in [2.75, 3.05) is 13.2 Å². The van der Waals surface area contributed by atoms with Crippen molar-refractivity contribution >= 4 is 19.3 Å². The highest BCUT2D eigenvalue weighted by Gasteiger charge is 2.52. The second-order valence-corrected chi connectivity index (χ2v) is 10.2. The van der Waals surface area contributed by atoms with E-state index in [9.17, 15) is 4.79 Å². The zero-order chi connectivity index (χ0) is 22.9. The van der Waals surface area contributed by atoms with Crippen molar-refractivity contribution in [3.63, 3.8) is 0 Å². The van der Waals surface area contributed by atoms with Gasteiger partial charge in [0.1, 0.15) is 11.8 Å². The first kappa shape index (κ1) is 23.8.